The highest BCUT2D eigenvalue weighted by Crippen LogP contribution is 2.28. The molecule has 2 aromatic carbocycles. The zero-order chi connectivity index (χ0) is 26.4. The Hall–Kier alpha value is -3.41. The second-order valence-corrected chi connectivity index (χ2v) is 10.1. The number of pyridine rings is 1. The zero-order valence-electron chi connectivity index (χ0n) is 22.5. The molecule has 1 aliphatic heterocycles. The van der Waals surface area contributed by atoms with Gasteiger partial charge in [0.25, 0.3) is 5.91 Å². The number of likely N-dealkylation sites (tertiary alicyclic amines) is 1. The fraction of sp³-hybridized carbons (Fsp3) is 0.452. The lowest BCUT2D eigenvalue weighted by atomic mass is 9.99. The number of carbonyl (C=O) groups is 2. The number of aryl methyl sites for hydroxylation is 1. The summed E-state index contributed by atoms with van der Waals surface area (Å²) < 4.78 is 5.29. The van der Waals surface area contributed by atoms with Crippen LogP contribution in [0, 0.1) is 5.92 Å². The van der Waals surface area contributed by atoms with Crippen LogP contribution in [0.15, 0.2) is 48.5 Å². The number of carbonyl (C=O) groups excluding carboxylic acids is 2. The minimum atomic E-state index is -0.273. The van der Waals surface area contributed by atoms with Gasteiger partial charge in [0.05, 0.1) is 29.8 Å². The number of hydrogen-bond acceptors (Lipinski definition) is 4. The average Bonchev–Trinajstić information content (AvgIpc) is 3.42. The van der Waals surface area contributed by atoms with Crippen LogP contribution in [0.2, 0.25) is 0 Å². The first-order valence-corrected chi connectivity index (χ1v) is 13.6. The van der Waals surface area contributed by atoms with E-state index in [-0.39, 0.29) is 17.7 Å². The van der Waals surface area contributed by atoms with Gasteiger partial charge in [0.15, 0.2) is 0 Å². The Labute approximate surface area is 220 Å². The first kappa shape index (κ1) is 26.6. The van der Waals surface area contributed by atoms with E-state index in [4.69, 9.17) is 9.72 Å². The van der Waals surface area contributed by atoms with E-state index in [1.165, 1.54) is 5.56 Å². The molecule has 37 heavy (non-hydrogen) atoms. The van der Waals surface area contributed by atoms with Crippen molar-refractivity contribution in [3.63, 3.8) is 0 Å². The fourth-order valence-corrected chi connectivity index (χ4v) is 5.17. The number of unbranched alkanes of at least 4 members (excludes halogenated alkanes) is 1. The molecule has 196 valence electrons. The largest absolute Gasteiger partial charge is 0.497 e. The van der Waals surface area contributed by atoms with Crippen molar-refractivity contribution < 1.29 is 14.3 Å². The fourth-order valence-electron chi connectivity index (χ4n) is 5.17. The number of amides is 2. The van der Waals surface area contributed by atoms with E-state index < -0.39 is 0 Å². The van der Waals surface area contributed by atoms with Gasteiger partial charge >= 0.3 is 0 Å². The topological polar surface area (TPSA) is 71.5 Å². The molecule has 6 nitrogen and oxygen atoms in total. The molecule has 1 saturated heterocycles. The van der Waals surface area contributed by atoms with Crippen LogP contribution in [0.3, 0.4) is 0 Å². The summed E-state index contributed by atoms with van der Waals surface area (Å²) in [7, 11) is 1.64. The molecule has 3 aromatic rings. The number of nitrogens with zero attached hydrogens (tertiary/aromatic N) is 2. The third kappa shape index (κ3) is 6.12. The van der Waals surface area contributed by atoms with Gasteiger partial charge in [-0.15, -0.1) is 0 Å². The molecule has 0 saturated carbocycles. The molecular weight excluding hydrogens is 462 g/mol. The van der Waals surface area contributed by atoms with Gasteiger partial charge in [-0.25, -0.2) is 4.98 Å². The molecule has 1 N–H and O–H groups in total. The average molecular weight is 502 g/mol. The summed E-state index contributed by atoms with van der Waals surface area (Å²) in [5.41, 5.74) is 4.21. The maximum Gasteiger partial charge on any atom is 0.252 e. The molecule has 1 aromatic heterocycles. The molecule has 1 fully saturated rings. The SMILES string of the molecule is CCCCc1ccc2nc(-c3ccc(OC)cc3)cc(C(=O)NC[C@@H](C)C(=O)N3CCC[C@@H]3CC)c2c1. The van der Waals surface area contributed by atoms with Gasteiger partial charge in [0.1, 0.15) is 5.75 Å². The van der Waals surface area contributed by atoms with Crippen LogP contribution in [-0.4, -0.2) is 47.9 Å². The predicted octanol–water partition coefficient (Wildman–Crippen LogP) is 6.02. The first-order valence-electron chi connectivity index (χ1n) is 13.6. The number of rotatable bonds is 10. The van der Waals surface area contributed by atoms with Crippen molar-refractivity contribution in [1.82, 2.24) is 15.2 Å². The van der Waals surface area contributed by atoms with Crippen LogP contribution in [0.25, 0.3) is 22.2 Å². The number of ether oxygens (including phenoxy) is 1. The molecule has 0 spiro atoms. The van der Waals surface area contributed by atoms with Crippen molar-refractivity contribution >= 4 is 22.7 Å². The quantitative estimate of drug-likeness (QED) is 0.369. The molecular formula is C31H39N3O3. The number of aromatic nitrogens is 1. The molecule has 0 unspecified atom stereocenters. The van der Waals surface area contributed by atoms with Gasteiger partial charge < -0.3 is 15.0 Å². The lowest BCUT2D eigenvalue weighted by Crippen LogP contribution is -2.42. The van der Waals surface area contributed by atoms with Crippen molar-refractivity contribution in [2.75, 3.05) is 20.2 Å². The second-order valence-electron chi connectivity index (χ2n) is 10.1. The number of hydrogen-bond donors (Lipinski definition) is 1. The summed E-state index contributed by atoms with van der Waals surface area (Å²) in [6.07, 6.45) is 6.27. The van der Waals surface area contributed by atoms with E-state index in [1.807, 2.05) is 48.2 Å². The van der Waals surface area contributed by atoms with Crippen LogP contribution in [0.4, 0.5) is 0 Å². The maximum absolute atomic E-state index is 13.6. The predicted molar refractivity (Wildman–Crippen MR) is 149 cm³/mol. The summed E-state index contributed by atoms with van der Waals surface area (Å²) in [5, 5.41) is 3.89. The molecule has 6 heteroatoms. The molecule has 2 amide bonds. The van der Waals surface area contributed by atoms with Crippen molar-refractivity contribution in [2.24, 2.45) is 5.92 Å². The summed E-state index contributed by atoms with van der Waals surface area (Å²) in [6, 6.07) is 16.1. The highest BCUT2D eigenvalue weighted by atomic mass is 16.5. The summed E-state index contributed by atoms with van der Waals surface area (Å²) in [4.78, 5) is 33.5. The van der Waals surface area contributed by atoms with E-state index in [2.05, 4.69) is 31.3 Å². The van der Waals surface area contributed by atoms with E-state index in [0.717, 1.165) is 73.0 Å². The van der Waals surface area contributed by atoms with Crippen molar-refractivity contribution in [3.8, 4) is 17.0 Å². The smallest absolute Gasteiger partial charge is 0.252 e. The number of benzene rings is 2. The first-order chi connectivity index (χ1) is 17.9. The van der Waals surface area contributed by atoms with Crippen molar-refractivity contribution in [2.45, 2.75) is 65.3 Å². The number of methoxy groups -OCH3 is 1. The summed E-state index contributed by atoms with van der Waals surface area (Å²) in [6.45, 7) is 7.34. The highest BCUT2D eigenvalue weighted by Gasteiger charge is 2.30. The molecule has 0 aliphatic carbocycles. The van der Waals surface area contributed by atoms with Crippen LogP contribution in [0.5, 0.6) is 5.75 Å². The Kier molecular flexibility index (Phi) is 8.80. The van der Waals surface area contributed by atoms with Gasteiger partial charge in [-0.1, -0.05) is 33.3 Å². The number of fused-ring (bicyclic) bond motifs is 1. The monoisotopic (exact) mass is 501 g/mol. The van der Waals surface area contributed by atoms with E-state index in [9.17, 15) is 9.59 Å². The zero-order valence-corrected chi connectivity index (χ0v) is 22.5. The normalized spacial score (nSPS) is 16.1. The molecule has 2 atom stereocenters. The highest BCUT2D eigenvalue weighted by molar-refractivity contribution is 6.07. The van der Waals surface area contributed by atoms with E-state index >= 15 is 0 Å². The van der Waals surface area contributed by atoms with Crippen LogP contribution < -0.4 is 10.1 Å². The van der Waals surface area contributed by atoms with Gasteiger partial charge in [-0.3, -0.25) is 9.59 Å². The van der Waals surface area contributed by atoms with Crippen LogP contribution in [-0.2, 0) is 11.2 Å². The lowest BCUT2D eigenvalue weighted by molar-refractivity contribution is -0.135. The van der Waals surface area contributed by atoms with E-state index in [1.54, 1.807) is 7.11 Å². The van der Waals surface area contributed by atoms with Gasteiger partial charge in [0, 0.05) is 30.1 Å². The maximum atomic E-state index is 13.6. The summed E-state index contributed by atoms with van der Waals surface area (Å²) in [5.74, 6) is 0.448. The minimum absolute atomic E-state index is 0.130. The molecule has 1 aliphatic rings. The molecule has 0 bridgehead atoms. The van der Waals surface area contributed by atoms with E-state index in [0.29, 0.717) is 18.2 Å². The molecule has 2 heterocycles. The Morgan fingerprint density at radius 1 is 1.14 bits per heavy atom. The molecule has 4 rings (SSSR count). The minimum Gasteiger partial charge on any atom is -0.497 e. The third-order valence-corrected chi connectivity index (χ3v) is 7.44. The van der Waals surface area contributed by atoms with Crippen molar-refractivity contribution in [3.05, 3.63) is 59.7 Å². The van der Waals surface area contributed by atoms with Gasteiger partial charge in [0.2, 0.25) is 5.91 Å². The van der Waals surface area contributed by atoms with Gasteiger partial charge in [-0.2, -0.15) is 0 Å². The Balaban J connectivity index is 1.61. The van der Waals surface area contributed by atoms with Crippen molar-refractivity contribution in [1.29, 1.82) is 0 Å². The van der Waals surface area contributed by atoms with Gasteiger partial charge in [-0.05, 0) is 80.1 Å². The summed E-state index contributed by atoms with van der Waals surface area (Å²) >= 11 is 0. The molecule has 0 radical (unpaired) electrons. The Morgan fingerprint density at radius 3 is 2.62 bits per heavy atom. The Morgan fingerprint density at radius 2 is 1.92 bits per heavy atom. The second kappa shape index (κ2) is 12.2. The Bertz CT molecular complexity index is 1240. The lowest BCUT2D eigenvalue weighted by Gasteiger charge is -2.27. The third-order valence-electron chi connectivity index (χ3n) is 7.44. The van der Waals surface area contributed by atoms with Crippen LogP contribution in [0.1, 0.15) is 68.8 Å². The number of nitrogens with one attached hydrogen (secondary N) is 1. The standard InChI is InChI=1S/C31H39N3O3/c1-5-7-9-22-11-16-28-26(18-22)27(19-29(33-28)23-12-14-25(37-4)15-13-23)30(35)32-20-21(3)31(36)34-17-8-10-24(34)6-2/h11-16,18-19,21,24H,5-10,17,20H2,1-4H3,(H,32,35)/t21-,24+/m1/s1. The van der Waals surface area contributed by atoms with Crippen LogP contribution >= 0.6 is 0 Å².